The van der Waals surface area contributed by atoms with Crippen LogP contribution in [0.2, 0.25) is 5.02 Å². The average Bonchev–Trinajstić information content (AvgIpc) is 2.63. The lowest BCUT2D eigenvalue weighted by Crippen LogP contribution is -2.13. The van der Waals surface area contributed by atoms with Crippen LogP contribution < -0.4 is 0 Å². The van der Waals surface area contributed by atoms with Crippen molar-refractivity contribution in [1.29, 1.82) is 0 Å². The van der Waals surface area contributed by atoms with Crippen molar-refractivity contribution >= 4 is 23.2 Å². The van der Waals surface area contributed by atoms with Crippen LogP contribution in [0, 0.1) is 11.8 Å². The van der Waals surface area contributed by atoms with Crippen LogP contribution in [0.4, 0.5) is 0 Å². The van der Waals surface area contributed by atoms with Gasteiger partial charge in [0.1, 0.15) is 0 Å². The van der Waals surface area contributed by atoms with E-state index >= 15 is 0 Å². The zero-order valence-corrected chi connectivity index (χ0v) is 15.4. The van der Waals surface area contributed by atoms with Crippen LogP contribution in [0.15, 0.2) is 60.1 Å². The Labute approximate surface area is 155 Å². The SMILES string of the molecule is Cl/C=C/C1CCC(CCc2ccc(-c3ccc(Cl)cc3)cc2)CC1. The molecule has 0 amide bonds. The molecule has 0 aliphatic heterocycles. The van der Waals surface area contributed by atoms with Gasteiger partial charge < -0.3 is 0 Å². The molecule has 2 heteroatoms. The zero-order valence-electron chi connectivity index (χ0n) is 13.9. The van der Waals surface area contributed by atoms with Gasteiger partial charge in [0.15, 0.2) is 0 Å². The van der Waals surface area contributed by atoms with Crippen LogP contribution in [0.3, 0.4) is 0 Å². The van der Waals surface area contributed by atoms with E-state index in [1.54, 1.807) is 5.54 Å². The maximum Gasteiger partial charge on any atom is 0.0406 e. The lowest BCUT2D eigenvalue weighted by Gasteiger charge is -2.26. The lowest BCUT2D eigenvalue weighted by molar-refractivity contribution is 0.296. The average molecular weight is 359 g/mol. The number of benzene rings is 2. The predicted octanol–water partition coefficient (Wildman–Crippen LogP) is 7.50. The Kier molecular flexibility index (Phi) is 6.40. The van der Waals surface area contributed by atoms with E-state index < -0.39 is 0 Å². The Balaban J connectivity index is 1.51. The van der Waals surface area contributed by atoms with E-state index in [-0.39, 0.29) is 0 Å². The summed E-state index contributed by atoms with van der Waals surface area (Å²) >= 11 is 11.6. The predicted molar refractivity (Wildman–Crippen MR) is 106 cm³/mol. The third-order valence-electron chi connectivity index (χ3n) is 5.21. The third kappa shape index (κ3) is 4.88. The second kappa shape index (κ2) is 8.74. The first-order valence-electron chi connectivity index (χ1n) is 8.86. The summed E-state index contributed by atoms with van der Waals surface area (Å²) in [7, 11) is 0. The van der Waals surface area contributed by atoms with Gasteiger partial charge in [-0.2, -0.15) is 0 Å². The second-order valence-electron chi connectivity index (χ2n) is 6.84. The molecule has 2 aromatic rings. The number of halogens is 2. The van der Waals surface area contributed by atoms with Gasteiger partial charge in [-0.05, 0) is 79.2 Å². The Morgan fingerprint density at radius 2 is 1.42 bits per heavy atom. The molecule has 0 saturated heterocycles. The van der Waals surface area contributed by atoms with Crippen LogP contribution in [-0.4, -0.2) is 0 Å². The minimum Gasteiger partial charge on any atom is -0.0933 e. The molecule has 24 heavy (non-hydrogen) atoms. The molecule has 0 bridgehead atoms. The van der Waals surface area contributed by atoms with Gasteiger partial charge in [-0.25, -0.2) is 0 Å². The minimum atomic E-state index is 0.706. The van der Waals surface area contributed by atoms with E-state index in [0.29, 0.717) is 5.92 Å². The molecule has 3 rings (SSSR count). The summed E-state index contributed by atoms with van der Waals surface area (Å²) in [5, 5.41) is 0.784. The fourth-order valence-corrected chi connectivity index (χ4v) is 3.98. The standard InChI is InChI=1S/C22H24Cl2/c23-16-15-19-5-3-17(4-6-19)1-2-18-7-9-20(10-8-18)21-11-13-22(24)14-12-21/h7-17,19H,1-6H2/b16-15+. The van der Waals surface area contributed by atoms with Gasteiger partial charge in [0.05, 0.1) is 0 Å². The van der Waals surface area contributed by atoms with Gasteiger partial charge >= 0.3 is 0 Å². The molecule has 0 radical (unpaired) electrons. The van der Waals surface area contributed by atoms with Crippen molar-refractivity contribution in [1.82, 2.24) is 0 Å². The zero-order chi connectivity index (χ0) is 16.8. The number of rotatable bonds is 5. The maximum atomic E-state index is 5.96. The van der Waals surface area contributed by atoms with Gasteiger partial charge in [0, 0.05) is 10.6 Å². The van der Waals surface area contributed by atoms with Gasteiger partial charge in [-0.1, -0.05) is 65.7 Å². The van der Waals surface area contributed by atoms with Crippen LogP contribution in [0.1, 0.15) is 37.7 Å². The molecule has 0 N–H and O–H groups in total. The molecule has 0 unspecified atom stereocenters. The smallest absolute Gasteiger partial charge is 0.0406 e. The van der Waals surface area contributed by atoms with Gasteiger partial charge in [-0.3, -0.25) is 0 Å². The summed E-state index contributed by atoms with van der Waals surface area (Å²) in [4.78, 5) is 0. The summed E-state index contributed by atoms with van der Waals surface area (Å²) in [6.45, 7) is 0. The first-order valence-corrected chi connectivity index (χ1v) is 9.68. The Bertz CT molecular complexity index is 647. The molecule has 1 aliphatic rings. The molecule has 0 atom stereocenters. The number of hydrogen-bond acceptors (Lipinski definition) is 0. The fraction of sp³-hybridized carbons (Fsp3) is 0.364. The lowest BCUT2D eigenvalue weighted by atomic mass is 9.79. The molecule has 1 saturated carbocycles. The molecule has 1 aliphatic carbocycles. The summed E-state index contributed by atoms with van der Waals surface area (Å²) in [6.07, 6.45) is 9.92. The van der Waals surface area contributed by atoms with Crippen molar-refractivity contribution < 1.29 is 0 Å². The minimum absolute atomic E-state index is 0.706. The normalized spacial score (nSPS) is 21.2. The summed E-state index contributed by atoms with van der Waals surface area (Å²) in [5.74, 6) is 1.58. The largest absolute Gasteiger partial charge is 0.0933 e. The first-order chi connectivity index (χ1) is 11.7. The van der Waals surface area contributed by atoms with E-state index in [0.717, 1.165) is 10.9 Å². The molecule has 0 spiro atoms. The molecule has 0 aromatic heterocycles. The highest BCUT2D eigenvalue weighted by molar-refractivity contribution is 6.30. The van der Waals surface area contributed by atoms with Crippen molar-refractivity contribution in [3.63, 3.8) is 0 Å². The number of aryl methyl sites for hydroxylation is 1. The highest BCUT2D eigenvalue weighted by atomic mass is 35.5. The van der Waals surface area contributed by atoms with Crippen LogP contribution in [0.5, 0.6) is 0 Å². The highest BCUT2D eigenvalue weighted by Crippen LogP contribution is 2.32. The third-order valence-corrected chi connectivity index (χ3v) is 5.61. The maximum absolute atomic E-state index is 5.96. The van der Waals surface area contributed by atoms with Crippen LogP contribution in [-0.2, 0) is 6.42 Å². The van der Waals surface area contributed by atoms with Crippen molar-refractivity contribution in [2.45, 2.75) is 38.5 Å². The van der Waals surface area contributed by atoms with Crippen LogP contribution >= 0.6 is 23.2 Å². The molecular weight excluding hydrogens is 335 g/mol. The first kappa shape index (κ1) is 17.6. The van der Waals surface area contributed by atoms with Crippen LogP contribution in [0.25, 0.3) is 11.1 Å². The van der Waals surface area contributed by atoms with Crippen molar-refractivity contribution in [3.8, 4) is 11.1 Å². The molecule has 2 aromatic carbocycles. The Morgan fingerprint density at radius 3 is 2.00 bits per heavy atom. The summed E-state index contributed by atoms with van der Waals surface area (Å²) in [6, 6.07) is 17.0. The molecule has 1 fully saturated rings. The Hall–Kier alpha value is -1.24. The van der Waals surface area contributed by atoms with E-state index in [4.69, 9.17) is 23.2 Å². The van der Waals surface area contributed by atoms with E-state index in [1.165, 1.54) is 55.2 Å². The van der Waals surface area contributed by atoms with Crippen molar-refractivity contribution in [3.05, 3.63) is 70.7 Å². The summed E-state index contributed by atoms with van der Waals surface area (Å²) in [5.41, 5.74) is 5.60. The summed E-state index contributed by atoms with van der Waals surface area (Å²) < 4.78 is 0. The highest BCUT2D eigenvalue weighted by Gasteiger charge is 2.19. The number of hydrogen-bond donors (Lipinski definition) is 0. The van der Waals surface area contributed by atoms with Gasteiger partial charge in [0.2, 0.25) is 0 Å². The van der Waals surface area contributed by atoms with Gasteiger partial charge in [0.25, 0.3) is 0 Å². The second-order valence-corrected chi connectivity index (χ2v) is 7.53. The molecule has 0 nitrogen and oxygen atoms in total. The van der Waals surface area contributed by atoms with E-state index in [2.05, 4.69) is 42.5 Å². The molecule has 0 heterocycles. The van der Waals surface area contributed by atoms with E-state index in [1.807, 2.05) is 12.1 Å². The monoisotopic (exact) mass is 358 g/mol. The van der Waals surface area contributed by atoms with Crippen molar-refractivity contribution in [2.24, 2.45) is 11.8 Å². The van der Waals surface area contributed by atoms with Gasteiger partial charge in [-0.15, -0.1) is 0 Å². The fourth-order valence-electron chi connectivity index (χ4n) is 3.65. The Morgan fingerprint density at radius 1 is 0.833 bits per heavy atom. The van der Waals surface area contributed by atoms with Crippen molar-refractivity contribution in [2.75, 3.05) is 0 Å². The molecule has 126 valence electrons. The molecular formula is C22H24Cl2. The van der Waals surface area contributed by atoms with E-state index in [9.17, 15) is 0 Å². The topological polar surface area (TPSA) is 0 Å². The number of allylic oxidation sites excluding steroid dienone is 1. The quantitative estimate of drug-likeness (QED) is 0.518.